The molecule has 2 aromatic rings. The van der Waals surface area contributed by atoms with Gasteiger partial charge in [-0.05, 0) is 32.2 Å². The van der Waals surface area contributed by atoms with Crippen LogP contribution in [0.4, 0.5) is 0 Å². The van der Waals surface area contributed by atoms with Crippen molar-refractivity contribution in [3.05, 3.63) is 16.5 Å². The van der Waals surface area contributed by atoms with Gasteiger partial charge < -0.3 is 0 Å². The van der Waals surface area contributed by atoms with Gasteiger partial charge in [-0.2, -0.15) is 0 Å². The highest BCUT2D eigenvalue weighted by Crippen LogP contribution is 2.35. The minimum Gasteiger partial charge on any atom is -0.291 e. The third kappa shape index (κ3) is 2.66. The lowest BCUT2D eigenvalue weighted by atomic mass is 10.1. The molecule has 2 heterocycles. The lowest BCUT2D eigenvalue weighted by Gasteiger charge is -2.23. The molecular weight excluding hydrogens is 308 g/mol. The Balaban J connectivity index is 2.79. The third-order valence-corrected chi connectivity index (χ3v) is 4.49. The van der Waals surface area contributed by atoms with Gasteiger partial charge >= 0.3 is 0 Å². The lowest BCUT2D eigenvalue weighted by Crippen LogP contribution is -2.29. The molecule has 0 fully saturated rings. The Bertz CT molecular complexity index is 712. The largest absolute Gasteiger partial charge is 0.291 e. The highest BCUT2D eigenvalue weighted by molar-refractivity contribution is 7.89. The standard InChI is InChI=1S/C10H13ClN4O2S2/c1-10(2,3)15-8(7-6(11)4-5-18-7)13-14-9(15)19(12,16)17/h4-5H,1-3H3,(H2,12,16,17). The van der Waals surface area contributed by atoms with Crippen LogP contribution in [0.15, 0.2) is 16.6 Å². The summed E-state index contributed by atoms with van der Waals surface area (Å²) in [5.41, 5.74) is -0.548. The van der Waals surface area contributed by atoms with E-state index < -0.39 is 15.6 Å². The van der Waals surface area contributed by atoms with E-state index in [1.54, 1.807) is 11.4 Å². The smallest absolute Gasteiger partial charge is 0.273 e. The summed E-state index contributed by atoms with van der Waals surface area (Å²) in [4.78, 5) is 0.666. The summed E-state index contributed by atoms with van der Waals surface area (Å²) in [5, 5.41) is 14.9. The molecule has 0 aliphatic carbocycles. The van der Waals surface area contributed by atoms with E-state index in [0.717, 1.165) is 0 Å². The van der Waals surface area contributed by atoms with Gasteiger partial charge in [0.2, 0.25) is 0 Å². The molecule has 2 N–H and O–H groups in total. The second-order valence-electron chi connectivity index (χ2n) is 4.96. The zero-order chi connectivity index (χ0) is 14.4. The first kappa shape index (κ1) is 14.4. The van der Waals surface area contributed by atoms with Gasteiger partial charge in [-0.25, -0.2) is 13.6 Å². The van der Waals surface area contributed by atoms with Crippen LogP contribution in [0, 0.1) is 0 Å². The van der Waals surface area contributed by atoms with E-state index in [2.05, 4.69) is 10.2 Å². The van der Waals surface area contributed by atoms with Crippen molar-refractivity contribution in [3.63, 3.8) is 0 Å². The predicted molar refractivity (Wildman–Crippen MR) is 74.7 cm³/mol. The number of sulfonamides is 1. The van der Waals surface area contributed by atoms with Crippen LogP contribution < -0.4 is 5.14 Å². The molecule has 0 aromatic carbocycles. The number of hydrogen-bond acceptors (Lipinski definition) is 5. The Morgan fingerprint density at radius 3 is 2.42 bits per heavy atom. The molecule has 9 heteroatoms. The molecule has 0 atom stereocenters. The summed E-state index contributed by atoms with van der Waals surface area (Å²) in [6.07, 6.45) is 0. The van der Waals surface area contributed by atoms with Crippen LogP contribution in [0.3, 0.4) is 0 Å². The van der Waals surface area contributed by atoms with Crippen LogP contribution in [0.2, 0.25) is 5.02 Å². The summed E-state index contributed by atoms with van der Waals surface area (Å²) in [7, 11) is -3.95. The molecule has 0 aliphatic heterocycles. The van der Waals surface area contributed by atoms with Gasteiger partial charge in [0, 0.05) is 5.54 Å². The number of nitrogens with zero attached hydrogens (tertiary/aromatic N) is 3. The van der Waals surface area contributed by atoms with E-state index in [-0.39, 0.29) is 5.16 Å². The molecule has 0 radical (unpaired) electrons. The van der Waals surface area contributed by atoms with Crippen LogP contribution >= 0.6 is 22.9 Å². The minimum atomic E-state index is -3.95. The van der Waals surface area contributed by atoms with E-state index in [1.165, 1.54) is 15.9 Å². The van der Waals surface area contributed by atoms with Gasteiger partial charge in [0.05, 0.1) is 9.90 Å². The molecule has 2 rings (SSSR count). The molecule has 19 heavy (non-hydrogen) atoms. The van der Waals surface area contributed by atoms with Crippen LogP contribution in [0.5, 0.6) is 0 Å². The fourth-order valence-corrected chi connectivity index (χ4v) is 3.54. The second kappa shape index (κ2) is 4.55. The maximum absolute atomic E-state index is 11.6. The number of nitrogens with two attached hydrogens (primary N) is 1. The highest BCUT2D eigenvalue weighted by Gasteiger charge is 2.30. The van der Waals surface area contributed by atoms with Gasteiger partial charge in [0.15, 0.2) is 5.82 Å². The first-order valence-corrected chi connectivity index (χ1v) is 8.15. The molecule has 0 saturated carbocycles. The molecule has 2 aromatic heterocycles. The van der Waals surface area contributed by atoms with E-state index in [0.29, 0.717) is 15.7 Å². The normalized spacial score (nSPS) is 12.9. The summed E-state index contributed by atoms with van der Waals surface area (Å²) in [6.45, 7) is 5.53. The molecule has 0 spiro atoms. The van der Waals surface area contributed by atoms with Crippen molar-refractivity contribution in [1.29, 1.82) is 0 Å². The first-order valence-electron chi connectivity index (χ1n) is 5.34. The van der Waals surface area contributed by atoms with E-state index in [4.69, 9.17) is 16.7 Å². The third-order valence-electron chi connectivity index (χ3n) is 2.38. The molecule has 0 bridgehead atoms. The quantitative estimate of drug-likeness (QED) is 0.917. The molecular formula is C10H13ClN4O2S2. The Morgan fingerprint density at radius 2 is 2.00 bits per heavy atom. The molecule has 0 amide bonds. The highest BCUT2D eigenvalue weighted by atomic mass is 35.5. The van der Waals surface area contributed by atoms with Crippen molar-refractivity contribution < 1.29 is 8.42 Å². The Labute approximate surface area is 120 Å². The number of hydrogen-bond donors (Lipinski definition) is 1. The molecule has 0 unspecified atom stereocenters. The van der Waals surface area contributed by atoms with Crippen molar-refractivity contribution in [3.8, 4) is 10.7 Å². The topological polar surface area (TPSA) is 90.9 Å². The molecule has 0 saturated heterocycles. The van der Waals surface area contributed by atoms with E-state index in [9.17, 15) is 8.42 Å². The summed E-state index contributed by atoms with van der Waals surface area (Å²) in [6, 6.07) is 1.72. The Morgan fingerprint density at radius 1 is 1.37 bits per heavy atom. The summed E-state index contributed by atoms with van der Waals surface area (Å²) in [5.74, 6) is 0.400. The Hall–Kier alpha value is -0.960. The van der Waals surface area contributed by atoms with Crippen molar-refractivity contribution in [2.45, 2.75) is 31.5 Å². The van der Waals surface area contributed by atoms with Crippen molar-refractivity contribution >= 4 is 33.0 Å². The van der Waals surface area contributed by atoms with Crippen LogP contribution in [-0.2, 0) is 15.6 Å². The average Bonchev–Trinajstić information content (AvgIpc) is 2.79. The van der Waals surface area contributed by atoms with Gasteiger partial charge in [-0.15, -0.1) is 21.5 Å². The fourth-order valence-electron chi connectivity index (χ4n) is 1.66. The fraction of sp³-hybridized carbons (Fsp3) is 0.400. The van der Waals surface area contributed by atoms with Gasteiger partial charge in [-0.3, -0.25) is 4.57 Å². The van der Waals surface area contributed by atoms with Gasteiger partial charge in [-0.1, -0.05) is 11.6 Å². The number of aromatic nitrogens is 3. The lowest BCUT2D eigenvalue weighted by molar-refractivity contribution is 0.366. The van der Waals surface area contributed by atoms with Crippen LogP contribution in [0.25, 0.3) is 10.7 Å². The van der Waals surface area contributed by atoms with Crippen LogP contribution in [-0.4, -0.2) is 23.2 Å². The predicted octanol–water partition coefficient (Wildman–Crippen LogP) is 2.06. The summed E-state index contributed by atoms with van der Waals surface area (Å²) < 4.78 is 24.7. The number of halogens is 1. The van der Waals surface area contributed by atoms with E-state index >= 15 is 0 Å². The Kier molecular flexibility index (Phi) is 3.46. The van der Waals surface area contributed by atoms with Crippen molar-refractivity contribution in [2.75, 3.05) is 0 Å². The maximum atomic E-state index is 11.6. The monoisotopic (exact) mass is 320 g/mol. The average molecular weight is 321 g/mol. The zero-order valence-electron chi connectivity index (χ0n) is 10.6. The minimum absolute atomic E-state index is 0.264. The van der Waals surface area contributed by atoms with Gasteiger partial charge in [0.25, 0.3) is 15.2 Å². The van der Waals surface area contributed by atoms with Gasteiger partial charge in [0.1, 0.15) is 0 Å². The SMILES string of the molecule is CC(C)(C)n1c(-c2sccc2Cl)nnc1S(N)(=O)=O. The van der Waals surface area contributed by atoms with Crippen LogP contribution in [0.1, 0.15) is 20.8 Å². The number of thiophene rings is 1. The second-order valence-corrected chi connectivity index (χ2v) is 7.73. The van der Waals surface area contributed by atoms with Crippen molar-refractivity contribution in [1.82, 2.24) is 14.8 Å². The van der Waals surface area contributed by atoms with E-state index in [1.807, 2.05) is 20.8 Å². The molecule has 0 aliphatic rings. The first-order chi connectivity index (χ1) is 8.62. The summed E-state index contributed by atoms with van der Waals surface area (Å²) >= 11 is 7.43. The van der Waals surface area contributed by atoms with Crippen molar-refractivity contribution in [2.24, 2.45) is 5.14 Å². The number of rotatable bonds is 2. The maximum Gasteiger partial charge on any atom is 0.273 e. The zero-order valence-corrected chi connectivity index (χ0v) is 13.0. The molecule has 6 nitrogen and oxygen atoms in total. The number of primary sulfonamides is 1. The molecule has 104 valence electrons.